The number of fused-ring (bicyclic) bond motifs is 1. The first kappa shape index (κ1) is 23.9. The summed E-state index contributed by atoms with van der Waals surface area (Å²) in [5.74, 6) is -0.570. The van der Waals surface area contributed by atoms with Gasteiger partial charge in [0.1, 0.15) is 11.0 Å². The third kappa shape index (κ3) is 4.06. The minimum Gasteiger partial charge on any atom is -0.462 e. The fourth-order valence-corrected chi connectivity index (χ4v) is 5.57. The first-order valence-electron chi connectivity index (χ1n) is 11.4. The minimum absolute atomic E-state index is 0.253. The van der Waals surface area contributed by atoms with Crippen molar-refractivity contribution in [3.63, 3.8) is 0 Å². The lowest BCUT2D eigenvalue weighted by Crippen LogP contribution is -2.36. The molecule has 0 bridgehead atoms. The first-order valence-corrected chi connectivity index (χ1v) is 12.2. The molecule has 0 aliphatic heterocycles. The molecule has 3 aromatic heterocycles. The number of amides is 1. The van der Waals surface area contributed by atoms with Crippen LogP contribution in [0.5, 0.6) is 0 Å². The van der Waals surface area contributed by atoms with Crippen molar-refractivity contribution >= 4 is 28.2 Å². The van der Waals surface area contributed by atoms with Gasteiger partial charge >= 0.3 is 5.97 Å². The summed E-state index contributed by atoms with van der Waals surface area (Å²) in [6.07, 6.45) is 2.64. The zero-order valence-corrected chi connectivity index (χ0v) is 21.1. The molecule has 34 heavy (non-hydrogen) atoms. The van der Waals surface area contributed by atoms with Gasteiger partial charge in [0, 0.05) is 21.8 Å². The summed E-state index contributed by atoms with van der Waals surface area (Å²) in [7, 11) is 0. The Hall–Kier alpha value is -3.27. The highest BCUT2D eigenvalue weighted by Gasteiger charge is 2.30. The van der Waals surface area contributed by atoms with E-state index in [0.717, 1.165) is 41.1 Å². The maximum absolute atomic E-state index is 13.4. The number of hydrogen-bond donors (Lipinski definition) is 1. The molecule has 1 atom stereocenters. The monoisotopic (exact) mass is 483 g/mol. The SMILES string of the molecule is CCOC(=O)c1c(NC(=O)C(C)n2c(-n3nc(C)cc3C)nc(C)c(C)c2=O)sc2c1CCC2. The lowest BCUT2D eigenvalue weighted by molar-refractivity contribution is -0.118. The normalized spacial score (nSPS) is 13.6. The molecule has 10 heteroatoms. The number of ether oxygens (including phenoxy) is 1. The molecule has 0 radical (unpaired) electrons. The van der Waals surface area contributed by atoms with Gasteiger partial charge in [0.2, 0.25) is 11.9 Å². The number of hydrogen-bond acceptors (Lipinski definition) is 7. The molecule has 1 aliphatic carbocycles. The number of aryl methyl sites for hydroxylation is 4. The van der Waals surface area contributed by atoms with Crippen LogP contribution in [0, 0.1) is 27.7 Å². The van der Waals surface area contributed by atoms with Crippen molar-refractivity contribution in [2.75, 3.05) is 11.9 Å². The van der Waals surface area contributed by atoms with Crippen LogP contribution in [0.4, 0.5) is 5.00 Å². The highest BCUT2D eigenvalue weighted by atomic mass is 32.1. The number of carbonyl (C=O) groups is 2. The number of thiophene rings is 1. The second-order valence-corrected chi connectivity index (χ2v) is 9.69. The molecule has 0 spiro atoms. The highest BCUT2D eigenvalue weighted by molar-refractivity contribution is 7.17. The van der Waals surface area contributed by atoms with Gasteiger partial charge in [-0.2, -0.15) is 5.10 Å². The van der Waals surface area contributed by atoms with Crippen molar-refractivity contribution in [1.82, 2.24) is 19.3 Å². The predicted octanol–water partition coefficient (Wildman–Crippen LogP) is 3.59. The van der Waals surface area contributed by atoms with Crippen molar-refractivity contribution in [1.29, 1.82) is 0 Å². The van der Waals surface area contributed by atoms with Gasteiger partial charge in [-0.1, -0.05) is 0 Å². The summed E-state index contributed by atoms with van der Waals surface area (Å²) in [5.41, 5.74) is 3.71. The Morgan fingerprint density at radius 1 is 1.24 bits per heavy atom. The molecule has 1 unspecified atom stereocenters. The Morgan fingerprint density at radius 2 is 1.97 bits per heavy atom. The summed E-state index contributed by atoms with van der Waals surface area (Å²) >= 11 is 1.41. The van der Waals surface area contributed by atoms with Gasteiger partial charge in [0.15, 0.2) is 0 Å². The van der Waals surface area contributed by atoms with Gasteiger partial charge in [0.25, 0.3) is 5.56 Å². The Morgan fingerprint density at radius 3 is 2.62 bits per heavy atom. The fraction of sp³-hybridized carbons (Fsp3) is 0.458. The van der Waals surface area contributed by atoms with E-state index < -0.39 is 17.9 Å². The van der Waals surface area contributed by atoms with Crippen molar-refractivity contribution in [3.8, 4) is 5.95 Å². The van der Waals surface area contributed by atoms with Crippen molar-refractivity contribution in [3.05, 3.63) is 55.1 Å². The van der Waals surface area contributed by atoms with Crippen LogP contribution in [0.2, 0.25) is 0 Å². The van der Waals surface area contributed by atoms with Crippen LogP contribution in [0.3, 0.4) is 0 Å². The van der Waals surface area contributed by atoms with Gasteiger partial charge in [-0.15, -0.1) is 11.3 Å². The maximum Gasteiger partial charge on any atom is 0.341 e. The van der Waals surface area contributed by atoms with Crippen molar-refractivity contribution in [2.24, 2.45) is 0 Å². The number of nitrogens with zero attached hydrogens (tertiary/aromatic N) is 4. The molecule has 0 fully saturated rings. The molecule has 3 aromatic rings. The average molecular weight is 484 g/mol. The van der Waals surface area contributed by atoms with E-state index in [4.69, 9.17) is 4.74 Å². The Kier molecular flexibility index (Phi) is 6.44. The first-order chi connectivity index (χ1) is 16.1. The van der Waals surface area contributed by atoms with E-state index in [1.807, 2.05) is 19.9 Å². The Labute approximate surface area is 201 Å². The second kappa shape index (κ2) is 9.17. The number of nitrogens with one attached hydrogen (secondary N) is 1. The van der Waals surface area contributed by atoms with Gasteiger partial charge in [-0.25, -0.2) is 14.5 Å². The van der Waals surface area contributed by atoms with E-state index >= 15 is 0 Å². The molecule has 0 aromatic carbocycles. The summed E-state index contributed by atoms with van der Waals surface area (Å²) in [6, 6.07) is 0.986. The smallest absolute Gasteiger partial charge is 0.341 e. The van der Waals surface area contributed by atoms with E-state index in [0.29, 0.717) is 21.8 Å². The Balaban J connectivity index is 1.75. The summed E-state index contributed by atoms with van der Waals surface area (Å²) in [6.45, 7) is 10.8. The molecule has 4 rings (SSSR count). The lowest BCUT2D eigenvalue weighted by atomic mass is 10.1. The minimum atomic E-state index is -0.898. The lowest BCUT2D eigenvalue weighted by Gasteiger charge is -2.20. The molecule has 0 saturated carbocycles. The molecule has 1 amide bonds. The largest absolute Gasteiger partial charge is 0.462 e. The standard InChI is InChI=1S/C24H29N5O4S/c1-7-33-23(32)19-17-9-8-10-18(17)34-21(19)26-20(30)16(6)28-22(31)14(4)15(5)25-24(28)29-13(3)11-12(2)27-29/h11,16H,7-10H2,1-6H3,(H,26,30). The van der Waals surface area contributed by atoms with Crippen LogP contribution < -0.4 is 10.9 Å². The topological polar surface area (TPSA) is 108 Å². The molecule has 1 N–H and O–H groups in total. The van der Waals surface area contributed by atoms with Gasteiger partial charge in [-0.3, -0.25) is 14.2 Å². The van der Waals surface area contributed by atoms with Gasteiger partial charge < -0.3 is 10.1 Å². The van der Waals surface area contributed by atoms with Crippen LogP contribution in [-0.2, 0) is 22.4 Å². The highest BCUT2D eigenvalue weighted by Crippen LogP contribution is 2.39. The fourth-order valence-electron chi connectivity index (χ4n) is 4.29. The van der Waals surface area contributed by atoms with E-state index in [1.165, 1.54) is 15.9 Å². The van der Waals surface area contributed by atoms with E-state index in [-0.39, 0.29) is 18.1 Å². The van der Waals surface area contributed by atoms with Crippen molar-refractivity contribution < 1.29 is 14.3 Å². The van der Waals surface area contributed by atoms with Crippen molar-refractivity contribution in [2.45, 2.75) is 66.8 Å². The molecule has 0 saturated heterocycles. The van der Waals surface area contributed by atoms with Crippen LogP contribution in [0.25, 0.3) is 5.95 Å². The van der Waals surface area contributed by atoms with E-state index in [1.54, 1.807) is 32.4 Å². The summed E-state index contributed by atoms with van der Waals surface area (Å²) < 4.78 is 8.20. The Bertz CT molecular complexity index is 1350. The number of anilines is 1. The van der Waals surface area contributed by atoms with E-state index in [2.05, 4.69) is 15.4 Å². The molecule has 9 nitrogen and oxygen atoms in total. The molecule has 180 valence electrons. The number of carbonyl (C=O) groups excluding carboxylic acids is 2. The molecule has 1 aliphatic rings. The van der Waals surface area contributed by atoms with Gasteiger partial charge in [-0.05, 0) is 72.4 Å². The predicted molar refractivity (Wildman–Crippen MR) is 130 cm³/mol. The zero-order chi connectivity index (χ0) is 24.7. The number of esters is 1. The van der Waals surface area contributed by atoms with Crippen LogP contribution >= 0.6 is 11.3 Å². The molecule has 3 heterocycles. The summed E-state index contributed by atoms with van der Waals surface area (Å²) in [5, 5.41) is 7.84. The quantitative estimate of drug-likeness (QED) is 0.537. The number of aromatic nitrogens is 4. The van der Waals surface area contributed by atoms with Crippen LogP contribution in [-0.4, -0.2) is 37.8 Å². The van der Waals surface area contributed by atoms with Crippen LogP contribution in [0.1, 0.15) is 69.8 Å². The third-order valence-electron chi connectivity index (χ3n) is 6.17. The molecular weight excluding hydrogens is 454 g/mol. The van der Waals surface area contributed by atoms with E-state index in [9.17, 15) is 14.4 Å². The number of rotatable bonds is 6. The van der Waals surface area contributed by atoms with Gasteiger partial charge in [0.05, 0.1) is 17.9 Å². The zero-order valence-electron chi connectivity index (χ0n) is 20.3. The third-order valence-corrected chi connectivity index (χ3v) is 7.38. The molecular formula is C24H29N5O4S. The summed E-state index contributed by atoms with van der Waals surface area (Å²) in [4.78, 5) is 45.1. The maximum atomic E-state index is 13.4. The average Bonchev–Trinajstić information content (AvgIpc) is 3.45. The second-order valence-electron chi connectivity index (χ2n) is 8.58. The van der Waals surface area contributed by atoms with Crippen LogP contribution in [0.15, 0.2) is 10.9 Å².